The molecule has 8 heteroatoms. The van der Waals surface area contributed by atoms with Crippen molar-refractivity contribution in [1.82, 2.24) is 15.3 Å². The Morgan fingerprint density at radius 1 is 1.12 bits per heavy atom. The molecule has 0 spiro atoms. The Kier molecular flexibility index (Phi) is 7.02. The minimum Gasteiger partial charge on any atom is -0.497 e. The lowest BCUT2D eigenvalue weighted by Gasteiger charge is -2.13. The summed E-state index contributed by atoms with van der Waals surface area (Å²) in [7, 11) is 1.61. The SMILES string of the molecule is COc1ccc2nc(C)nc(SCC(=O)c3ccc(C(=O)NC4CC=CC=CC4)s3)c2c1. The Hall–Kier alpha value is -2.97. The van der Waals surface area contributed by atoms with E-state index in [-0.39, 0.29) is 23.5 Å². The Morgan fingerprint density at radius 2 is 1.88 bits per heavy atom. The van der Waals surface area contributed by atoms with E-state index in [1.165, 1.54) is 23.1 Å². The molecule has 0 bridgehead atoms. The molecule has 0 fully saturated rings. The summed E-state index contributed by atoms with van der Waals surface area (Å²) in [5.74, 6) is 1.41. The molecule has 1 N–H and O–H groups in total. The number of aromatic nitrogens is 2. The highest BCUT2D eigenvalue weighted by molar-refractivity contribution is 8.00. The Morgan fingerprint density at radius 3 is 2.62 bits per heavy atom. The number of thiophene rings is 1. The van der Waals surface area contributed by atoms with Crippen LogP contribution in [0.5, 0.6) is 5.75 Å². The molecule has 0 radical (unpaired) electrons. The van der Waals surface area contributed by atoms with E-state index >= 15 is 0 Å². The van der Waals surface area contributed by atoms with Crippen LogP contribution >= 0.6 is 23.1 Å². The molecule has 0 saturated carbocycles. The van der Waals surface area contributed by atoms with Crippen molar-refractivity contribution < 1.29 is 14.3 Å². The second-order valence-electron chi connectivity index (χ2n) is 7.33. The van der Waals surface area contributed by atoms with Crippen LogP contribution in [0.25, 0.3) is 10.9 Å². The number of carbonyl (C=O) groups excluding carboxylic acids is 2. The molecular weight excluding hydrogens is 442 g/mol. The lowest BCUT2D eigenvalue weighted by molar-refractivity contribution is 0.0941. The number of fused-ring (bicyclic) bond motifs is 1. The largest absolute Gasteiger partial charge is 0.497 e. The van der Waals surface area contributed by atoms with Gasteiger partial charge < -0.3 is 10.1 Å². The van der Waals surface area contributed by atoms with Crippen LogP contribution in [0.1, 0.15) is 38.0 Å². The summed E-state index contributed by atoms with van der Waals surface area (Å²) < 4.78 is 5.31. The summed E-state index contributed by atoms with van der Waals surface area (Å²) in [5.41, 5.74) is 0.812. The fourth-order valence-electron chi connectivity index (χ4n) is 3.36. The van der Waals surface area contributed by atoms with E-state index in [4.69, 9.17) is 4.74 Å². The molecule has 1 aliphatic carbocycles. The average molecular weight is 466 g/mol. The lowest BCUT2D eigenvalue weighted by atomic mass is 10.1. The summed E-state index contributed by atoms with van der Waals surface area (Å²) in [4.78, 5) is 35.5. The third-order valence-corrected chi connectivity index (χ3v) is 7.10. The number of aryl methyl sites for hydroxylation is 1. The van der Waals surface area contributed by atoms with Gasteiger partial charge in [0.2, 0.25) is 0 Å². The highest BCUT2D eigenvalue weighted by atomic mass is 32.2. The number of allylic oxidation sites excluding steroid dienone is 2. The Balaban J connectivity index is 1.43. The smallest absolute Gasteiger partial charge is 0.261 e. The van der Waals surface area contributed by atoms with Crippen LogP contribution in [0.15, 0.2) is 59.7 Å². The van der Waals surface area contributed by atoms with Crippen molar-refractivity contribution in [2.75, 3.05) is 12.9 Å². The molecule has 0 atom stereocenters. The van der Waals surface area contributed by atoms with Crippen LogP contribution in [-0.4, -0.2) is 40.6 Å². The number of methoxy groups -OCH3 is 1. The highest BCUT2D eigenvalue weighted by Crippen LogP contribution is 2.29. The number of hydrogen-bond donors (Lipinski definition) is 1. The molecule has 0 saturated heterocycles. The van der Waals surface area contributed by atoms with Gasteiger partial charge in [0.1, 0.15) is 16.6 Å². The minimum absolute atomic E-state index is 0.0355. The van der Waals surface area contributed by atoms with E-state index in [0.29, 0.717) is 21.3 Å². The number of benzene rings is 1. The maximum Gasteiger partial charge on any atom is 0.261 e. The molecule has 4 rings (SSSR count). The van der Waals surface area contributed by atoms with E-state index < -0.39 is 0 Å². The van der Waals surface area contributed by atoms with Crippen LogP contribution in [0.3, 0.4) is 0 Å². The van der Waals surface area contributed by atoms with Crippen LogP contribution in [0.4, 0.5) is 0 Å². The molecule has 1 aliphatic rings. The van der Waals surface area contributed by atoms with E-state index in [1.54, 1.807) is 19.2 Å². The predicted octanol–water partition coefficient (Wildman–Crippen LogP) is 4.99. The average Bonchev–Trinajstić information content (AvgIpc) is 3.16. The van der Waals surface area contributed by atoms with E-state index in [2.05, 4.69) is 15.3 Å². The summed E-state index contributed by atoms with van der Waals surface area (Å²) in [5, 5.41) is 4.64. The molecular formula is C24H23N3O3S2. The third-order valence-electron chi connectivity index (χ3n) is 4.98. The fourth-order valence-corrected chi connectivity index (χ4v) is 5.23. The molecule has 1 aromatic carbocycles. The first-order chi connectivity index (χ1) is 15.5. The number of thioether (sulfide) groups is 1. The van der Waals surface area contributed by atoms with Crippen molar-refractivity contribution in [3.05, 3.63) is 70.2 Å². The monoisotopic (exact) mass is 465 g/mol. The maximum absolute atomic E-state index is 12.8. The standard InChI is InChI=1S/C24H23N3O3S2/c1-15-25-19-10-9-17(30-2)13-18(19)24(26-15)31-14-20(28)21-11-12-22(32-21)23(29)27-16-7-5-3-4-6-8-16/h3-6,9-13,16H,7-8,14H2,1-2H3,(H,27,29). The molecule has 6 nitrogen and oxygen atoms in total. The van der Waals surface area contributed by atoms with Gasteiger partial charge in [-0.3, -0.25) is 9.59 Å². The number of ketones is 1. The van der Waals surface area contributed by atoms with E-state index in [1.807, 2.05) is 49.4 Å². The van der Waals surface area contributed by atoms with Gasteiger partial charge in [0, 0.05) is 11.4 Å². The van der Waals surface area contributed by atoms with Crippen molar-refractivity contribution in [2.45, 2.75) is 30.8 Å². The van der Waals surface area contributed by atoms with Gasteiger partial charge in [0.05, 0.1) is 28.1 Å². The fraction of sp³-hybridized carbons (Fsp3) is 0.250. The molecule has 32 heavy (non-hydrogen) atoms. The Labute approximate surface area is 194 Å². The molecule has 2 heterocycles. The number of nitrogens with one attached hydrogen (secondary N) is 1. The van der Waals surface area contributed by atoms with E-state index in [9.17, 15) is 9.59 Å². The van der Waals surface area contributed by atoms with Crippen LogP contribution in [0, 0.1) is 6.92 Å². The molecule has 1 amide bonds. The molecule has 0 aliphatic heterocycles. The third kappa shape index (κ3) is 5.26. The maximum atomic E-state index is 12.8. The van der Waals surface area contributed by atoms with Gasteiger partial charge in [-0.15, -0.1) is 11.3 Å². The van der Waals surface area contributed by atoms with Crippen molar-refractivity contribution in [1.29, 1.82) is 0 Å². The number of ether oxygens (including phenoxy) is 1. The van der Waals surface area contributed by atoms with Gasteiger partial charge >= 0.3 is 0 Å². The predicted molar refractivity (Wildman–Crippen MR) is 129 cm³/mol. The molecule has 2 aromatic heterocycles. The first kappa shape index (κ1) is 22.2. The van der Waals surface area contributed by atoms with Gasteiger partial charge in [-0.05, 0) is 50.1 Å². The van der Waals surface area contributed by atoms with Crippen LogP contribution in [0.2, 0.25) is 0 Å². The first-order valence-corrected chi connectivity index (χ1v) is 12.0. The van der Waals surface area contributed by atoms with Crippen LogP contribution in [-0.2, 0) is 0 Å². The molecule has 164 valence electrons. The lowest BCUT2D eigenvalue weighted by Crippen LogP contribution is -2.33. The minimum atomic E-state index is -0.139. The van der Waals surface area contributed by atoms with Crippen LogP contribution < -0.4 is 10.1 Å². The number of hydrogen-bond acceptors (Lipinski definition) is 7. The summed E-state index contributed by atoms with van der Waals surface area (Å²) in [6.45, 7) is 1.83. The molecule has 3 aromatic rings. The second kappa shape index (κ2) is 10.1. The quantitative estimate of drug-likeness (QED) is 0.301. The topological polar surface area (TPSA) is 81.2 Å². The van der Waals surface area contributed by atoms with E-state index in [0.717, 1.165) is 28.8 Å². The molecule has 0 unspecified atom stereocenters. The summed E-state index contributed by atoms with van der Waals surface area (Å²) >= 11 is 2.60. The van der Waals surface area contributed by atoms with Gasteiger partial charge in [-0.1, -0.05) is 36.1 Å². The van der Waals surface area contributed by atoms with Gasteiger partial charge in [0.15, 0.2) is 5.78 Å². The number of nitrogens with zero attached hydrogens (tertiary/aromatic N) is 2. The number of amides is 1. The van der Waals surface area contributed by atoms with Gasteiger partial charge in [-0.2, -0.15) is 0 Å². The number of carbonyl (C=O) groups is 2. The first-order valence-electron chi connectivity index (χ1n) is 10.2. The van der Waals surface area contributed by atoms with Gasteiger partial charge in [-0.25, -0.2) is 9.97 Å². The van der Waals surface area contributed by atoms with Crippen molar-refractivity contribution in [3.63, 3.8) is 0 Å². The van der Waals surface area contributed by atoms with Crippen molar-refractivity contribution in [2.24, 2.45) is 0 Å². The zero-order valence-corrected chi connectivity index (χ0v) is 19.5. The van der Waals surface area contributed by atoms with Gasteiger partial charge in [0.25, 0.3) is 5.91 Å². The zero-order chi connectivity index (χ0) is 22.5. The summed E-state index contributed by atoms with van der Waals surface area (Å²) in [6, 6.07) is 9.14. The normalized spacial score (nSPS) is 13.8. The Bertz CT molecular complexity index is 1200. The number of Topliss-reactive ketones (excluding diaryl/α,β-unsaturated/α-hetero) is 1. The zero-order valence-electron chi connectivity index (χ0n) is 17.8. The van der Waals surface area contributed by atoms with Crippen molar-refractivity contribution in [3.8, 4) is 5.75 Å². The summed E-state index contributed by atoms with van der Waals surface area (Å²) in [6.07, 6.45) is 9.66. The number of rotatable bonds is 7. The second-order valence-corrected chi connectivity index (χ2v) is 9.38. The highest BCUT2D eigenvalue weighted by Gasteiger charge is 2.18. The van der Waals surface area contributed by atoms with Crippen molar-refractivity contribution >= 4 is 45.7 Å².